The highest BCUT2D eigenvalue weighted by Crippen LogP contribution is 2.24. The van der Waals surface area contributed by atoms with Gasteiger partial charge in [-0.25, -0.2) is 9.67 Å². The average Bonchev–Trinajstić information content (AvgIpc) is 3.29. The molecule has 7 heteroatoms. The van der Waals surface area contributed by atoms with E-state index in [1.807, 2.05) is 47.1 Å². The van der Waals surface area contributed by atoms with Crippen LogP contribution in [0.15, 0.2) is 48.7 Å². The van der Waals surface area contributed by atoms with Gasteiger partial charge in [0, 0.05) is 31.4 Å². The highest BCUT2D eigenvalue weighted by atomic mass is 16.5. The standard InChI is InChI=1S/C22H25N5O2/c1-15-11-26-13-17(10-18(26)14-29-15)24-22(28)20-19-8-5-9-23-21(19)27(25-20)12-16-6-3-2-4-7-16/h2-9,15,17-18H,10-14H2,1H3,(H,24,28)/t15-,17+,18-/m0/s1. The van der Waals surface area contributed by atoms with Crippen molar-refractivity contribution in [1.29, 1.82) is 0 Å². The first kappa shape index (κ1) is 18.3. The van der Waals surface area contributed by atoms with E-state index in [1.165, 1.54) is 0 Å². The van der Waals surface area contributed by atoms with Gasteiger partial charge in [0.05, 0.1) is 24.6 Å². The van der Waals surface area contributed by atoms with Crippen molar-refractivity contribution in [3.63, 3.8) is 0 Å². The first-order chi connectivity index (χ1) is 14.2. The first-order valence-electron chi connectivity index (χ1n) is 10.2. The Bertz CT molecular complexity index is 1020. The zero-order valence-corrected chi connectivity index (χ0v) is 16.5. The Balaban J connectivity index is 1.36. The number of amides is 1. The van der Waals surface area contributed by atoms with Gasteiger partial charge in [0.25, 0.3) is 5.91 Å². The van der Waals surface area contributed by atoms with Gasteiger partial charge in [-0.1, -0.05) is 30.3 Å². The van der Waals surface area contributed by atoms with Crippen LogP contribution >= 0.6 is 0 Å². The van der Waals surface area contributed by atoms with E-state index in [9.17, 15) is 4.79 Å². The van der Waals surface area contributed by atoms with Gasteiger partial charge < -0.3 is 10.1 Å². The van der Waals surface area contributed by atoms with Gasteiger partial charge in [-0.3, -0.25) is 9.69 Å². The third-order valence-corrected chi connectivity index (χ3v) is 5.83. The number of carbonyl (C=O) groups excluding carboxylic acids is 1. The molecular formula is C22H25N5O2. The largest absolute Gasteiger partial charge is 0.376 e. The van der Waals surface area contributed by atoms with Crippen molar-refractivity contribution in [3.8, 4) is 0 Å². The number of morpholine rings is 1. The van der Waals surface area contributed by atoms with E-state index >= 15 is 0 Å². The van der Waals surface area contributed by atoms with Crippen molar-refractivity contribution in [1.82, 2.24) is 25.0 Å². The minimum absolute atomic E-state index is 0.118. The number of nitrogens with zero attached hydrogens (tertiary/aromatic N) is 4. The first-order valence-corrected chi connectivity index (χ1v) is 10.2. The predicted octanol–water partition coefficient (Wildman–Crippen LogP) is 2.07. The van der Waals surface area contributed by atoms with Gasteiger partial charge >= 0.3 is 0 Å². The van der Waals surface area contributed by atoms with E-state index < -0.39 is 0 Å². The zero-order valence-electron chi connectivity index (χ0n) is 16.5. The van der Waals surface area contributed by atoms with Crippen molar-refractivity contribution in [2.75, 3.05) is 19.7 Å². The molecule has 7 nitrogen and oxygen atoms in total. The quantitative estimate of drug-likeness (QED) is 0.737. The summed E-state index contributed by atoms with van der Waals surface area (Å²) in [5.74, 6) is -0.131. The van der Waals surface area contributed by atoms with Crippen LogP contribution in [-0.2, 0) is 11.3 Å². The van der Waals surface area contributed by atoms with E-state index in [2.05, 4.69) is 27.2 Å². The molecular weight excluding hydrogens is 366 g/mol. The third kappa shape index (κ3) is 3.63. The molecule has 2 aliphatic heterocycles. The minimum atomic E-state index is -0.131. The molecule has 2 saturated heterocycles. The SMILES string of the molecule is C[C@H]1CN2C[C@H](NC(=O)c3nn(Cc4ccccc4)c4ncccc34)C[C@H]2CO1. The van der Waals surface area contributed by atoms with Crippen molar-refractivity contribution in [2.24, 2.45) is 0 Å². The number of hydrogen-bond donors (Lipinski definition) is 1. The molecule has 1 amide bonds. The van der Waals surface area contributed by atoms with Crippen LogP contribution in [0.5, 0.6) is 0 Å². The normalized spacial score (nSPS) is 24.5. The fourth-order valence-electron chi connectivity index (χ4n) is 4.44. The van der Waals surface area contributed by atoms with Crippen LogP contribution in [0.2, 0.25) is 0 Å². The molecule has 4 heterocycles. The molecule has 0 bridgehead atoms. The Kier molecular flexibility index (Phi) is 4.77. The molecule has 2 aromatic heterocycles. The molecule has 3 atom stereocenters. The number of benzene rings is 1. The molecule has 0 saturated carbocycles. The molecule has 0 aliphatic carbocycles. The van der Waals surface area contributed by atoms with Crippen LogP contribution in [-0.4, -0.2) is 63.5 Å². The van der Waals surface area contributed by atoms with Crippen LogP contribution in [0.4, 0.5) is 0 Å². The van der Waals surface area contributed by atoms with Crippen molar-refractivity contribution in [3.05, 3.63) is 59.9 Å². The lowest BCUT2D eigenvalue weighted by molar-refractivity contribution is -0.0390. The third-order valence-electron chi connectivity index (χ3n) is 5.83. The summed E-state index contributed by atoms with van der Waals surface area (Å²) in [6, 6.07) is 14.4. The summed E-state index contributed by atoms with van der Waals surface area (Å²) in [6.07, 6.45) is 2.91. The number of carbonyl (C=O) groups is 1. The van der Waals surface area contributed by atoms with Crippen LogP contribution in [0.3, 0.4) is 0 Å². The Hall–Kier alpha value is -2.77. The van der Waals surface area contributed by atoms with Gasteiger partial charge in [-0.05, 0) is 31.0 Å². The number of ether oxygens (including phenoxy) is 1. The summed E-state index contributed by atoms with van der Waals surface area (Å²) >= 11 is 0. The van der Waals surface area contributed by atoms with Gasteiger partial charge in [-0.2, -0.15) is 5.10 Å². The summed E-state index contributed by atoms with van der Waals surface area (Å²) < 4.78 is 7.58. The maximum atomic E-state index is 13.1. The number of rotatable bonds is 4. The molecule has 2 fully saturated rings. The number of fused-ring (bicyclic) bond motifs is 2. The summed E-state index contributed by atoms with van der Waals surface area (Å²) in [5, 5.41) is 8.61. The van der Waals surface area contributed by atoms with Crippen LogP contribution < -0.4 is 5.32 Å². The van der Waals surface area contributed by atoms with Gasteiger partial charge in [0.1, 0.15) is 0 Å². The molecule has 2 aliphatic rings. The highest BCUT2D eigenvalue weighted by molar-refractivity contribution is 6.04. The van der Waals surface area contributed by atoms with Gasteiger partial charge in [-0.15, -0.1) is 0 Å². The molecule has 1 N–H and O–H groups in total. The minimum Gasteiger partial charge on any atom is -0.376 e. The number of aromatic nitrogens is 3. The zero-order chi connectivity index (χ0) is 19.8. The summed E-state index contributed by atoms with van der Waals surface area (Å²) in [5.41, 5.74) is 2.29. The second kappa shape index (κ2) is 7.57. The van der Waals surface area contributed by atoms with E-state index in [0.717, 1.165) is 42.7 Å². The molecule has 0 radical (unpaired) electrons. The number of pyridine rings is 1. The Labute approximate surface area is 169 Å². The van der Waals surface area contributed by atoms with Crippen molar-refractivity contribution >= 4 is 16.9 Å². The molecule has 3 aromatic rings. The maximum absolute atomic E-state index is 13.1. The van der Waals surface area contributed by atoms with Gasteiger partial charge in [0.15, 0.2) is 11.3 Å². The lowest BCUT2D eigenvalue weighted by Gasteiger charge is -2.33. The summed E-state index contributed by atoms with van der Waals surface area (Å²) in [7, 11) is 0. The van der Waals surface area contributed by atoms with Crippen molar-refractivity contribution < 1.29 is 9.53 Å². The molecule has 0 spiro atoms. The maximum Gasteiger partial charge on any atom is 0.272 e. The summed E-state index contributed by atoms with van der Waals surface area (Å²) in [4.78, 5) is 20.0. The number of nitrogens with one attached hydrogen (secondary N) is 1. The molecule has 29 heavy (non-hydrogen) atoms. The molecule has 0 unspecified atom stereocenters. The smallest absolute Gasteiger partial charge is 0.272 e. The molecule has 150 valence electrons. The van der Waals surface area contributed by atoms with Crippen LogP contribution in [0.1, 0.15) is 29.4 Å². The van der Waals surface area contributed by atoms with Crippen molar-refractivity contribution in [2.45, 2.75) is 38.1 Å². The van der Waals surface area contributed by atoms with E-state index in [0.29, 0.717) is 18.3 Å². The second-order valence-electron chi connectivity index (χ2n) is 8.02. The van der Waals surface area contributed by atoms with Crippen LogP contribution in [0, 0.1) is 0 Å². The monoisotopic (exact) mass is 391 g/mol. The summed E-state index contributed by atoms with van der Waals surface area (Å²) in [6.45, 7) is 5.21. The lowest BCUT2D eigenvalue weighted by atomic mass is 10.1. The second-order valence-corrected chi connectivity index (χ2v) is 8.02. The fraction of sp³-hybridized carbons (Fsp3) is 0.409. The van der Waals surface area contributed by atoms with E-state index in [-0.39, 0.29) is 18.1 Å². The highest BCUT2D eigenvalue weighted by Gasteiger charge is 2.37. The topological polar surface area (TPSA) is 72.3 Å². The Morgan fingerprint density at radius 3 is 2.93 bits per heavy atom. The predicted molar refractivity (Wildman–Crippen MR) is 110 cm³/mol. The van der Waals surface area contributed by atoms with Gasteiger partial charge in [0.2, 0.25) is 0 Å². The molecule has 5 rings (SSSR count). The average molecular weight is 391 g/mol. The lowest BCUT2D eigenvalue weighted by Crippen LogP contribution is -2.45. The molecule has 1 aromatic carbocycles. The fourth-order valence-corrected chi connectivity index (χ4v) is 4.44. The Morgan fingerprint density at radius 2 is 2.07 bits per heavy atom. The number of hydrogen-bond acceptors (Lipinski definition) is 5. The van der Waals surface area contributed by atoms with E-state index in [1.54, 1.807) is 6.20 Å². The van der Waals surface area contributed by atoms with E-state index in [4.69, 9.17) is 4.74 Å². The van der Waals surface area contributed by atoms with Crippen LogP contribution in [0.25, 0.3) is 11.0 Å². The Morgan fingerprint density at radius 1 is 1.21 bits per heavy atom.